The zero-order valence-corrected chi connectivity index (χ0v) is 9.49. The molecule has 1 atom stereocenters. The van der Waals surface area contributed by atoms with Crippen molar-refractivity contribution in [2.24, 2.45) is 0 Å². The first kappa shape index (κ1) is 10.4. The van der Waals surface area contributed by atoms with Gasteiger partial charge in [-0.05, 0) is 26.2 Å². The Morgan fingerprint density at radius 2 is 2.40 bits per heavy atom. The van der Waals surface area contributed by atoms with Crippen LogP contribution in [0, 0.1) is 0 Å². The van der Waals surface area contributed by atoms with E-state index in [0.717, 1.165) is 43.6 Å². The average Bonchev–Trinajstić information content (AvgIpc) is 2.17. The van der Waals surface area contributed by atoms with Crippen molar-refractivity contribution >= 4 is 0 Å². The molecule has 3 nitrogen and oxygen atoms in total. The van der Waals surface area contributed by atoms with E-state index in [0.29, 0.717) is 6.04 Å². The van der Waals surface area contributed by atoms with Crippen molar-refractivity contribution in [3.8, 4) is 0 Å². The average molecular weight is 206 g/mol. The number of rotatable bonds is 2. The molecule has 0 bridgehead atoms. The number of aryl methyl sites for hydroxylation is 2. The second kappa shape index (κ2) is 4.17. The molecular weight excluding hydrogens is 188 g/mol. The lowest BCUT2D eigenvalue weighted by Gasteiger charge is -2.24. The van der Waals surface area contributed by atoms with E-state index in [-0.39, 0.29) is 5.56 Å². The molecule has 1 aliphatic rings. The first-order chi connectivity index (χ1) is 7.22. The first-order valence-electron chi connectivity index (χ1n) is 5.83. The highest BCUT2D eigenvalue weighted by Gasteiger charge is 2.18. The third-order valence-corrected chi connectivity index (χ3v) is 3.05. The summed E-state index contributed by atoms with van der Waals surface area (Å²) in [6, 6.07) is 2.03. The van der Waals surface area contributed by atoms with Crippen molar-refractivity contribution in [2.75, 3.05) is 0 Å². The first-order valence-corrected chi connectivity index (χ1v) is 5.83. The van der Waals surface area contributed by atoms with Gasteiger partial charge in [-0.1, -0.05) is 13.3 Å². The van der Waals surface area contributed by atoms with Crippen LogP contribution in [0.3, 0.4) is 0 Å². The van der Waals surface area contributed by atoms with Crippen LogP contribution >= 0.6 is 0 Å². The van der Waals surface area contributed by atoms with E-state index in [2.05, 4.69) is 18.8 Å². The van der Waals surface area contributed by atoms with Crippen molar-refractivity contribution in [3.63, 3.8) is 0 Å². The van der Waals surface area contributed by atoms with Crippen LogP contribution < -0.4 is 5.56 Å². The third-order valence-electron chi connectivity index (χ3n) is 3.05. The minimum Gasteiger partial charge on any atom is -0.294 e. The number of nitrogens with zero attached hydrogens (tertiary/aromatic N) is 2. The van der Waals surface area contributed by atoms with E-state index in [1.165, 1.54) is 0 Å². The zero-order valence-electron chi connectivity index (χ0n) is 9.49. The molecule has 15 heavy (non-hydrogen) atoms. The molecular formula is C12H18N2O. The molecule has 0 amide bonds. The summed E-state index contributed by atoms with van der Waals surface area (Å²) in [7, 11) is 0. The monoisotopic (exact) mass is 206 g/mol. The fourth-order valence-corrected chi connectivity index (χ4v) is 2.31. The van der Waals surface area contributed by atoms with Gasteiger partial charge in [-0.2, -0.15) is 0 Å². The molecule has 0 N–H and O–H groups in total. The van der Waals surface area contributed by atoms with Gasteiger partial charge in [-0.15, -0.1) is 0 Å². The maximum atomic E-state index is 11.9. The van der Waals surface area contributed by atoms with E-state index in [1.54, 1.807) is 6.07 Å². The Morgan fingerprint density at radius 1 is 1.60 bits per heavy atom. The van der Waals surface area contributed by atoms with Crippen molar-refractivity contribution in [1.29, 1.82) is 0 Å². The number of hydrogen-bond acceptors (Lipinski definition) is 2. The third kappa shape index (κ3) is 1.96. The van der Waals surface area contributed by atoms with Crippen LogP contribution in [0.5, 0.6) is 0 Å². The molecule has 1 aromatic rings. The normalized spacial score (nSPS) is 20.0. The minimum absolute atomic E-state index is 0.135. The van der Waals surface area contributed by atoms with E-state index in [1.807, 2.05) is 4.57 Å². The summed E-state index contributed by atoms with van der Waals surface area (Å²) in [5, 5.41) is 0. The second-order valence-electron chi connectivity index (χ2n) is 4.36. The van der Waals surface area contributed by atoms with E-state index < -0.39 is 0 Å². The Labute approximate surface area is 90.2 Å². The highest BCUT2D eigenvalue weighted by atomic mass is 16.1. The molecule has 0 spiro atoms. The molecule has 1 aromatic heterocycles. The van der Waals surface area contributed by atoms with E-state index in [9.17, 15) is 4.79 Å². The molecule has 0 aromatic carbocycles. The molecule has 0 fully saturated rings. The largest absolute Gasteiger partial charge is 0.294 e. The molecule has 3 heteroatoms. The summed E-state index contributed by atoms with van der Waals surface area (Å²) >= 11 is 0. The molecule has 1 aliphatic heterocycles. The summed E-state index contributed by atoms with van der Waals surface area (Å²) in [5.74, 6) is 0.990. The lowest BCUT2D eigenvalue weighted by Crippen LogP contribution is -2.31. The van der Waals surface area contributed by atoms with Crippen LogP contribution in [0.2, 0.25) is 0 Å². The SMILES string of the molecule is CCCc1cc(=O)n2c(n1)CCC[C@H]2C. The van der Waals surface area contributed by atoms with Gasteiger partial charge in [-0.3, -0.25) is 9.36 Å². The van der Waals surface area contributed by atoms with Gasteiger partial charge in [0.1, 0.15) is 5.82 Å². The van der Waals surface area contributed by atoms with E-state index >= 15 is 0 Å². The second-order valence-corrected chi connectivity index (χ2v) is 4.36. The summed E-state index contributed by atoms with van der Waals surface area (Å²) in [6.07, 6.45) is 5.17. The molecule has 2 heterocycles. The lowest BCUT2D eigenvalue weighted by atomic mass is 10.1. The maximum Gasteiger partial charge on any atom is 0.253 e. The standard InChI is InChI=1S/C12H18N2O/c1-3-5-10-8-12(15)14-9(2)6-4-7-11(14)13-10/h8-9H,3-7H2,1-2H3/t9-/m1/s1. The summed E-state index contributed by atoms with van der Waals surface area (Å²) < 4.78 is 1.86. The molecule has 82 valence electrons. The quantitative estimate of drug-likeness (QED) is 0.742. The summed E-state index contributed by atoms with van der Waals surface area (Å²) in [6.45, 7) is 4.21. The smallest absolute Gasteiger partial charge is 0.253 e. The van der Waals surface area contributed by atoms with Crippen LogP contribution in [0.4, 0.5) is 0 Å². The number of fused-ring (bicyclic) bond motifs is 1. The lowest BCUT2D eigenvalue weighted by molar-refractivity contribution is 0.403. The fraction of sp³-hybridized carbons (Fsp3) is 0.667. The molecule has 0 saturated carbocycles. The topological polar surface area (TPSA) is 34.9 Å². The van der Waals surface area contributed by atoms with Gasteiger partial charge in [0.25, 0.3) is 5.56 Å². The Kier molecular flexibility index (Phi) is 2.89. The van der Waals surface area contributed by atoms with Gasteiger partial charge in [0.15, 0.2) is 0 Å². The molecule has 0 saturated heterocycles. The van der Waals surface area contributed by atoms with Gasteiger partial charge >= 0.3 is 0 Å². The molecule has 2 rings (SSSR count). The molecule has 0 aliphatic carbocycles. The Morgan fingerprint density at radius 3 is 3.13 bits per heavy atom. The Bertz CT molecular complexity index is 409. The summed E-state index contributed by atoms with van der Waals surface area (Å²) in [5.41, 5.74) is 1.10. The van der Waals surface area contributed by atoms with Gasteiger partial charge in [0, 0.05) is 24.2 Å². The predicted molar refractivity (Wildman–Crippen MR) is 60.1 cm³/mol. The van der Waals surface area contributed by atoms with Crippen molar-refractivity contribution in [3.05, 3.63) is 27.9 Å². The number of aromatic nitrogens is 2. The Hall–Kier alpha value is -1.12. The number of hydrogen-bond donors (Lipinski definition) is 0. The maximum absolute atomic E-state index is 11.9. The minimum atomic E-state index is 0.135. The summed E-state index contributed by atoms with van der Waals surface area (Å²) in [4.78, 5) is 16.5. The van der Waals surface area contributed by atoms with Crippen LogP contribution in [0.1, 0.15) is 50.7 Å². The van der Waals surface area contributed by atoms with Crippen molar-refractivity contribution in [1.82, 2.24) is 9.55 Å². The van der Waals surface area contributed by atoms with Gasteiger partial charge in [-0.25, -0.2) is 4.98 Å². The van der Waals surface area contributed by atoms with Gasteiger partial charge in [0.2, 0.25) is 0 Å². The highest BCUT2D eigenvalue weighted by Crippen LogP contribution is 2.20. The van der Waals surface area contributed by atoms with Crippen LogP contribution in [-0.2, 0) is 12.8 Å². The van der Waals surface area contributed by atoms with E-state index in [4.69, 9.17) is 0 Å². The Balaban J connectivity index is 2.46. The van der Waals surface area contributed by atoms with Crippen LogP contribution in [0.15, 0.2) is 10.9 Å². The van der Waals surface area contributed by atoms with Gasteiger partial charge < -0.3 is 0 Å². The molecule has 0 radical (unpaired) electrons. The molecule has 0 unspecified atom stereocenters. The van der Waals surface area contributed by atoms with Crippen molar-refractivity contribution < 1.29 is 0 Å². The highest BCUT2D eigenvalue weighted by molar-refractivity contribution is 5.07. The van der Waals surface area contributed by atoms with Crippen LogP contribution in [-0.4, -0.2) is 9.55 Å². The zero-order chi connectivity index (χ0) is 10.8. The van der Waals surface area contributed by atoms with Gasteiger partial charge in [0.05, 0.1) is 0 Å². The fourth-order valence-electron chi connectivity index (χ4n) is 2.31. The predicted octanol–water partition coefficient (Wildman–Crippen LogP) is 2.09. The van der Waals surface area contributed by atoms with Crippen LogP contribution in [0.25, 0.3) is 0 Å². The van der Waals surface area contributed by atoms with Crippen molar-refractivity contribution in [2.45, 2.75) is 52.0 Å².